The smallest absolute Gasteiger partial charge is 0.408 e. The number of amides is 5. The quantitative estimate of drug-likeness (QED) is 0.127. The molecule has 1 heterocycles. The molecule has 0 spiro atoms. The number of likely N-dealkylation sites (tertiary alicyclic amines) is 1. The number of allylic oxidation sites excluding steroid dienone is 1. The van der Waals surface area contributed by atoms with Gasteiger partial charge in [0.1, 0.15) is 23.3 Å². The van der Waals surface area contributed by atoms with Gasteiger partial charge in [-0.2, -0.15) is 0 Å². The average molecular weight is 668 g/mol. The Labute approximate surface area is 281 Å². The van der Waals surface area contributed by atoms with Crippen LogP contribution in [-0.4, -0.2) is 89.6 Å². The van der Waals surface area contributed by atoms with Crippen molar-refractivity contribution < 1.29 is 38.2 Å². The molecule has 0 saturated carbocycles. The van der Waals surface area contributed by atoms with Gasteiger partial charge in [0.2, 0.25) is 17.6 Å². The zero-order chi connectivity index (χ0) is 36.6. The van der Waals surface area contributed by atoms with Crippen molar-refractivity contribution >= 4 is 35.7 Å². The van der Waals surface area contributed by atoms with E-state index in [1.165, 1.54) is 11.3 Å². The average Bonchev–Trinajstić information content (AvgIpc) is 3.41. The Hall–Kier alpha value is -3.64. The van der Waals surface area contributed by atoms with Gasteiger partial charge in [0.15, 0.2) is 0 Å². The molecule has 1 rings (SSSR count). The summed E-state index contributed by atoms with van der Waals surface area (Å²) in [4.78, 5) is 78.5. The van der Waals surface area contributed by atoms with Crippen LogP contribution < -0.4 is 21.3 Å². The lowest BCUT2D eigenvalue weighted by Crippen LogP contribution is -2.59. The Morgan fingerprint density at radius 2 is 1.38 bits per heavy atom. The van der Waals surface area contributed by atoms with Crippen molar-refractivity contribution in [2.75, 3.05) is 19.6 Å². The molecule has 1 aliphatic rings. The molecule has 0 bridgehead atoms. The van der Waals surface area contributed by atoms with Gasteiger partial charge in [-0.25, -0.2) is 9.59 Å². The molecule has 1 unspecified atom stereocenters. The summed E-state index contributed by atoms with van der Waals surface area (Å²) < 4.78 is 10.5. The molecular formula is C34H61N5O8. The first kappa shape index (κ1) is 43.4. The zero-order valence-corrected chi connectivity index (χ0v) is 30.6. The lowest BCUT2D eigenvalue weighted by Gasteiger charge is -2.36. The lowest BCUT2D eigenvalue weighted by molar-refractivity contribution is -0.144. The fourth-order valence-corrected chi connectivity index (χ4v) is 4.40. The summed E-state index contributed by atoms with van der Waals surface area (Å²) >= 11 is 0. The van der Waals surface area contributed by atoms with Crippen LogP contribution in [0, 0.1) is 5.41 Å². The van der Waals surface area contributed by atoms with Gasteiger partial charge in [-0.15, -0.1) is 6.58 Å². The highest BCUT2D eigenvalue weighted by Crippen LogP contribution is 2.26. The number of alkyl carbamates (subject to hydrolysis) is 2. The van der Waals surface area contributed by atoms with Gasteiger partial charge in [0.05, 0.1) is 6.04 Å². The van der Waals surface area contributed by atoms with Crippen LogP contribution in [0.25, 0.3) is 0 Å². The van der Waals surface area contributed by atoms with Gasteiger partial charge in [-0.1, -0.05) is 47.1 Å². The highest BCUT2D eigenvalue weighted by Gasteiger charge is 2.43. The van der Waals surface area contributed by atoms with E-state index in [0.717, 1.165) is 0 Å². The van der Waals surface area contributed by atoms with E-state index in [2.05, 4.69) is 41.7 Å². The largest absolute Gasteiger partial charge is 0.444 e. The van der Waals surface area contributed by atoms with Crippen molar-refractivity contribution in [3.63, 3.8) is 0 Å². The number of hydrogen-bond donors (Lipinski definition) is 4. The Balaban J connectivity index is 0.00000677. The van der Waals surface area contributed by atoms with Crippen molar-refractivity contribution in [1.29, 1.82) is 0 Å². The number of hydrogen-bond acceptors (Lipinski definition) is 8. The summed E-state index contributed by atoms with van der Waals surface area (Å²) in [6.45, 7) is 24.3. The number of ether oxygens (including phenoxy) is 2. The Morgan fingerprint density at radius 3 is 1.89 bits per heavy atom. The third-order valence-corrected chi connectivity index (χ3v) is 6.44. The van der Waals surface area contributed by atoms with Gasteiger partial charge < -0.3 is 35.6 Å². The van der Waals surface area contributed by atoms with E-state index >= 15 is 0 Å². The van der Waals surface area contributed by atoms with Crippen LogP contribution in [-0.2, 0) is 28.7 Å². The number of rotatable bonds is 13. The van der Waals surface area contributed by atoms with Crippen LogP contribution in [0.3, 0.4) is 0 Å². The van der Waals surface area contributed by atoms with Gasteiger partial charge in [0, 0.05) is 19.6 Å². The van der Waals surface area contributed by atoms with Crippen molar-refractivity contribution in [3.8, 4) is 0 Å². The van der Waals surface area contributed by atoms with E-state index < -0.39 is 70.4 Å². The standard InChI is InChI=1S/C31H53N5O8.C3H8/c1-11-12-15-20(22(37)25(39)32-17-14-18-33-27(41)43-30(5,6)7)34-24(38)21-16-13-19-36(21)26(40)23(29(2,3)4)35-28(42)44-31(8,9)10;1-3-2/h11,20-21,23H,1,12-19H2,2-10H3,(H,32,39)(H,33,41)(H,34,38)(H,35,42);3H2,1-2H3/t20?,21-,23+;/m0./s1. The maximum atomic E-state index is 13.7. The molecule has 13 nitrogen and oxygen atoms in total. The van der Waals surface area contributed by atoms with Crippen molar-refractivity contribution in [2.45, 2.75) is 144 Å². The molecule has 0 aromatic carbocycles. The molecule has 13 heteroatoms. The van der Waals surface area contributed by atoms with Crippen molar-refractivity contribution in [2.24, 2.45) is 5.41 Å². The first-order chi connectivity index (χ1) is 21.6. The fraction of sp³-hybridized carbons (Fsp3) is 0.765. The summed E-state index contributed by atoms with van der Waals surface area (Å²) in [6, 6.07) is -2.98. The third-order valence-electron chi connectivity index (χ3n) is 6.44. The monoisotopic (exact) mass is 667 g/mol. The number of nitrogens with one attached hydrogen (secondary N) is 4. The van der Waals surface area contributed by atoms with Gasteiger partial charge in [-0.3, -0.25) is 19.2 Å². The van der Waals surface area contributed by atoms with E-state index in [0.29, 0.717) is 32.2 Å². The van der Waals surface area contributed by atoms with Crippen LogP contribution in [0.2, 0.25) is 0 Å². The molecule has 0 aromatic heterocycles. The molecule has 4 N–H and O–H groups in total. The summed E-state index contributed by atoms with van der Waals surface area (Å²) in [6.07, 6.45) is 3.28. The normalized spacial score (nSPS) is 16.0. The lowest BCUT2D eigenvalue weighted by atomic mass is 9.85. The molecule has 0 aliphatic carbocycles. The highest BCUT2D eigenvalue weighted by molar-refractivity contribution is 6.38. The molecule has 1 saturated heterocycles. The van der Waals surface area contributed by atoms with Gasteiger partial charge >= 0.3 is 12.2 Å². The van der Waals surface area contributed by atoms with E-state index in [4.69, 9.17) is 9.47 Å². The molecule has 0 aromatic rings. The van der Waals surface area contributed by atoms with Crippen LogP contribution in [0.5, 0.6) is 0 Å². The highest BCUT2D eigenvalue weighted by atomic mass is 16.6. The van der Waals surface area contributed by atoms with Crippen LogP contribution in [0.4, 0.5) is 9.59 Å². The molecule has 0 radical (unpaired) electrons. The predicted octanol–water partition coefficient (Wildman–Crippen LogP) is 4.38. The second-order valence-corrected chi connectivity index (χ2v) is 14.7. The van der Waals surface area contributed by atoms with Crippen LogP contribution in [0.15, 0.2) is 12.7 Å². The van der Waals surface area contributed by atoms with Gasteiger partial charge in [-0.05, 0) is 79.1 Å². The minimum Gasteiger partial charge on any atom is -0.444 e. The molecule has 47 heavy (non-hydrogen) atoms. The number of Topliss-reactive ketones (excluding diaryl/α,β-unsaturated/α-hetero) is 1. The molecule has 1 fully saturated rings. The van der Waals surface area contributed by atoms with E-state index in [-0.39, 0.29) is 19.5 Å². The molecule has 1 aliphatic heterocycles. The predicted molar refractivity (Wildman–Crippen MR) is 182 cm³/mol. The maximum absolute atomic E-state index is 13.7. The molecule has 3 atom stereocenters. The number of carbonyl (C=O) groups is 6. The minimum absolute atomic E-state index is 0.117. The topological polar surface area (TPSA) is 172 Å². The number of nitrogens with zero attached hydrogens (tertiary/aromatic N) is 1. The Morgan fingerprint density at radius 1 is 0.851 bits per heavy atom. The fourth-order valence-electron chi connectivity index (χ4n) is 4.40. The first-order valence-corrected chi connectivity index (χ1v) is 16.6. The minimum atomic E-state index is -1.13. The molecule has 270 valence electrons. The first-order valence-electron chi connectivity index (χ1n) is 16.6. The van der Waals surface area contributed by atoms with Crippen molar-refractivity contribution in [1.82, 2.24) is 26.2 Å². The number of ketones is 1. The molecular weight excluding hydrogens is 606 g/mol. The summed E-state index contributed by atoms with van der Waals surface area (Å²) in [5.74, 6) is -2.69. The van der Waals surface area contributed by atoms with E-state index in [1.807, 2.05) is 0 Å². The van der Waals surface area contributed by atoms with Gasteiger partial charge in [0.25, 0.3) is 5.91 Å². The Kier molecular flexibility index (Phi) is 18.3. The summed E-state index contributed by atoms with van der Waals surface area (Å²) in [7, 11) is 0. The third kappa shape index (κ3) is 17.7. The second-order valence-electron chi connectivity index (χ2n) is 14.7. The molecule has 5 amide bonds. The number of carbonyl (C=O) groups excluding carboxylic acids is 6. The van der Waals surface area contributed by atoms with E-state index in [1.54, 1.807) is 68.4 Å². The second kappa shape index (κ2) is 19.9. The van der Waals surface area contributed by atoms with Crippen LogP contribution >= 0.6 is 0 Å². The SMILES string of the molecule is C=CCCC(NC(=O)[C@@H]1CCCN1C(=O)[C@@H](NC(=O)OC(C)(C)C)C(C)(C)C)C(=O)C(=O)NCCCNC(=O)OC(C)(C)C.CCC. The van der Waals surface area contributed by atoms with Crippen LogP contribution in [0.1, 0.15) is 115 Å². The maximum Gasteiger partial charge on any atom is 0.408 e. The van der Waals surface area contributed by atoms with E-state index in [9.17, 15) is 28.8 Å². The Bertz CT molecular complexity index is 1070. The zero-order valence-electron chi connectivity index (χ0n) is 30.6. The summed E-state index contributed by atoms with van der Waals surface area (Å²) in [5, 5.41) is 10.4. The summed E-state index contributed by atoms with van der Waals surface area (Å²) in [5.41, 5.74) is -2.09. The van der Waals surface area contributed by atoms with Crippen molar-refractivity contribution in [3.05, 3.63) is 12.7 Å².